The van der Waals surface area contributed by atoms with Gasteiger partial charge in [-0.3, -0.25) is 4.72 Å². The van der Waals surface area contributed by atoms with Crippen molar-refractivity contribution in [2.45, 2.75) is 11.3 Å². The molecule has 7 heteroatoms. The summed E-state index contributed by atoms with van der Waals surface area (Å²) < 4.78 is 27.8. The lowest BCUT2D eigenvalue weighted by Crippen LogP contribution is -2.14. The van der Waals surface area contributed by atoms with Crippen molar-refractivity contribution in [1.82, 2.24) is 4.98 Å². The molecule has 2 aromatic carbocycles. The third-order valence-corrected chi connectivity index (χ3v) is 5.70. The van der Waals surface area contributed by atoms with Crippen molar-refractivity contribution in [1.29, 1.82) is 0 Å². The number of sulfonamides is 1. The molecular weight excluding hydrogens is 346 g/mol. The zero-order chi connectivity index (χ0) is 16.7. The molecule has 0 saturated heterocycles. The first-order valence-electron chi connectivity index (χ1n) is 7.48. The monoisotopic (exact) mass is 359 g/mol. The molecule has 1 aromatic heterocycles. The molecule has 1 aliphatic rings. The molecule has 0 spiro atoms. The van der Waals surface area contributed by atoms with Crippen molar-refractivity contribution in [2.24, 2.45) is 0 Å². The van der Waals surface area contributed by atoms with E-state index in [0.29, 0.717) is 10.8 Å². The van der Waals surface area contributed by atoms with Gasteiger partial charge in [0.05, 0.1) is 4.90 Å². The quantitative estimate of drug-likeness (QED) is 0.748. The van der Waals surface area contributed by atoms with Crippen LogP contribution in [0, 0.1) is 0 Å². The van der Waals surface area contributed by atoms with Crippen LogP contribution in [0.4, 0.5) is 11.6 Å². The van der Waals surface area contributed by atoms with Crippen LogP contribution in [0.1, 0.15) is 5.56 Å². The summed E-state index contributed by atoms with van der Waals surface area (Å²) in [4.78, 5) is 4.49. The number of hydrogen-bond donors (Lipinski definition) is 2. The Hall–Kier alpha value is -2.31. The third kappa shape index (κ3) is 2.68. The normalized spacial score (nSPS) is 13.5. The minimum atomic E-state index is -3.72. The van der Waals surface area contributed by atoms with E-state index in [4.69, 9.17) is 11.6 Å². The number of rotatable bonds is 3. The van der Waals surface area contributed by atoms with Gasteiger partial charge in [-0.15, -0.1) is 0 Å². The number of fused-ring (bicyclic) bond motifs is 2. The summed E-state index contributed by atoms with van der Waals surface area (Å²) >= 11 is 6.13. The van der Waals surface area contributed by atoms with Crippen molar-refractivity contribution in [2.75, 3.05) is 16.6 Å². The van der Waals surface area contributed by atoms with E-state index in [0.717, 1.165) is 35.1 Å². The van der Waals surface area contributed by atoms with Gasteiger partial charge in [-0.25, -0.2) is 13.4 Å². The molecule has 5 nitrogen and oxygen atoms in total. The third-order valence-electron chi connectivity index (χ3n) is 4.01. The minimum absolute atomic E-state index is 0.174. The van der Waals surface area contributed by atoms with Gasteiger partial charge in [0, 0.05) is 17.0 Å². The fourth-order valence-corrected chi connectivity index (χ4v) is 4.08. The highest BCUT2D eigenvalue weighted by Gasteiger charge is 2.18. The van der Waals surface area contributed by atoms with Gasteiger partial charge in [-0.05, 0) is 41.6 Å². The summed E-state index contributed by atoms with van der Waals surface area (Å²) in [7, 11) is -3.72. The van der Waals surface area contributed by atoms with Crippen LogP contribution in [0.15, 0.2) is 53.4 Å². The number of nitrogens with one attached hydrogen (secondary N) is 2. The molecule has 2 N–H and O–H groups in total. The predicted molar refractivity (Wildman–Crippen MR) is 96.2 cm³/mol. The summed E-state index contributed by atoms with van der Waals surface area (Å²) in [5.74, 6) is 1.04. The molecule has 122 valence electrons. The molecule has 0 fully saturated rings. The van der Waals surface area contributed by atoms with Crippen molar-refractivity contribution < 1.29 is 8.42 Å². The van der Waals surface area contributed by atoms with Crippen molar-refractivity contribution in [3.63, 3.8) is 0 Å². The van der Waals surface area contributed by atoms with E-state index in [-0.39, 0.29) is 4.90 Å². The highest BCUT2D eigenvalue weighted by Crippen LogP contribution is 2.27. The number of pyridine rings is 1. The Labute approximate surface area is 144 Å². The van der Waals surface area contributed by atoms with Gasteiger partial charge < -0.3 is 5.32 Å². The Morgan fingerprint density at radius 2 is 2.00 bits per heavy atom. The molecule has 0 unspecified atom stereocenters. The van der Waals surface area contributed by atoms with E-state index in [9.17, 15) is 8.42 Å². The second kappa shape index (κ2) is 5.65. The highest BCUT2D eigenvalue weighted by atomic mass is 35.5. The summed E-state index contributed by atoms with van der Waals surface area (Å²) in [5, 5.41) is 5.32. The molecule has 1 aliphatic heterocycles. The maximum atomic E-state index is 12.6. The molecule has 24 heavy (non-hydrogen) atoms. The lowest BCUT2D eigenvalue weighted by atomic mass is 10.1. The number of aromatic nitrogens is 1. The first-order chi connectivity index (χ1) is 11.5. The van der Waals surface area contributed by atoms with Crippen molar-refractivity contribution in [3.05, 3.63) is 59.1 Å². The summed E-state index contributed by atoms with van der Waals surface area (Å²) in [6, 6.07) is 13.8. The first kappa shape index (κ1) is 15.2. The molecule has 3 aromatic rings. The molecule has 2 heterocycles. The predicted octanol–water partition coefficient (Wildman–Crippen LogP) is 3.66. The van der Waals surface area contributed by atoms with Gasteiger partial charge in [0.15, 0.2) is 0 Å². The number of halogens is 1. The highest BCUT2D eigenvalue weighted by molar-refractivity contribution is 7.92. The van der Waals surface area contributed by atoms with E-state index in [2.05, 4.69) is 15.0 Å². The standard InChI is InChI=1S/C17H14ClN3O2S/c18-15-3-1-2-12-10-13(5-6-14(12)15)24(22,23)21-16-7-4-11-8-9-19-17(11)20-16/h1-7,10H,8-9H2,(H2,19,20,21). The van der Waals surface area contributed by atoms with Crippen LogP contribution in [0.3, 0.4) is 0 Å². The molecule has 4 rings (SSSR count). The molecule has 0 amide bonds. The van der Waals surface area contributed by atoms with Gasteiger partial charge in [0.2, 0.25) is 0 Å². The number of benzene rings is 2. The van der Waals surface area contributed by atoms with Crippen molar-refractivity contribution >= 4 is 44.0 Å². The molecular formula is C17H14ClN3O2S. The smallest absolute Gasteiger partial charge is 0.263 e. The number of hydrogen-bond acceptors (Lipinski definition) is 4. The first-order valence-corrected chi connectivity index (χ1v) is 9.34. The van der Waals surface area contributed by atoms with Crippen LogP contribution < -0.4 is 10.0 Å². The minimum Gasteiger partial charge on any atom is -0.369 e. The van der Waals surface area contributed by atoms with Crippen LogP contribution in [-0.2, 0) is 16.4 Å². The largest absolute Gasteiger partial charge is 0.369 e. The molecule has 0 saturated carbocycles. The van der Waals surface area contributed by atoms with Gasteiger partial charge >= 0.3 is 0 Å². The molecule has 0 atom stereocenters. The molecule has 0 bridgehead atoms. The zero-order valence-electron chi connectivity index (χ0n) is 12.6. The van der Waals surface area contributed by atoms with E-state index in [1.54, 1.807) is 36.4 Å². The zero-order valence-corrected chi connectivity index (χ0v) is 14.2. The van der Waals surface area contributed by atoms with Gasteiger partial charge in [0.1, 0.15) is 11.6 Å². The Kier molecular flexibility index (Phi) is 3.58. The van der Waals surface area contributed by atoms with Crippen LogP contribution >= 0.6 is 11.6 Å². The van der Waals surface area contributed by atoms with Crippen LogP contribution in [0.2, 0.25) is 5.02 Å². The van der Waals surface area contributed by atoms with Gasteiger partial charge in [-0.1, -0.05) is 35.9 Å². The number of anilines is 2. The maximum Gasteiger partial charge on any atom is 0.263 e. The second-order valence-corrected chi connectivity index (χ2v) is 7.70. The van der Waals surface area contributed by atoms with Gasteiger partial charge in [0.25, 0.3) is 10.0 Å². The SMILES string of the molecule is O=S(=O)(Nc1ccc2c(n1)NCC2)c1ccc2c(Cl)cccc2c1. The average molecular weight is 360 g/mol. The fourth-order valence-electron chi connectivity index (χ4n) is 2.80. The molecule has 0 aliphatic carbocycles. The Morgan fingerprint density at radius 1 is 1.12 bits per heavy atom. The Morgan fingerprint density at radius 3 is 2.88 bits per heavy atom. The molecule has 0 radical (unpaired) electrons. The van der Waals surface area contributed by atoms with Crippen LogP contribution in [-0.4, -0.2) is 19.9 Å². The summed E-state index contributed by atoms with van der Waals surface area (Å²) in [6.07, 6.45) is 0.904. The van der Waals surface area contributed by atoms with Crippen LogP contribution in [0.25, 0.3) is 10.8 Å². The van der Waals surface area contributed by atoms with Crippen molar-refractivity contribution in [3.8, 4) is 0 Å². The lowest BCUT2D eigenvalue weighted by Gasteiger charge is -2.10. The van der Waals surface area contributed by atoms with Crippen LogP contribution in [0.5, 0.6) is 0 Å². The summed E-state index contributed by atoms with van der Waals surface area (Å²) in [5.41, 5.74) is 1.10. The summed E-state index contributed by atoms with van der Waals surface area (Å²) in [6.45, 7) is 0.823. The Bertz CT molecular complexity index is 1050. The van der Waals surface area contributed by atoms with E-state index in [1.165, 1.54) is 0 Å². The second-order valence-electron chi connectivity index (χ2n) is 5.61. The maximum absolute atomic E-state index is 12.6. The Balaban J connectivity index is 1.70. The van der Waals surface area contributed by atoms with E-state index >= 15 is 0 Å². The number of nitrogens with zero attached hydrogens (tertiary/aromatic N) is 1. The average Bonchev–Trinajstić information content (AvgIpc) is 3.02. The van der Waals surface area contributed by atoms with E-state index < -0.39 is 10.0 Å². The van der Waals surface area contributed by atoms with E-state index in [1.807, 2.05) is 12.1 Å². The lowest BCUT2D eigenvalue weighted by molar-refractivity contribution is 0.601. The topological polar surface area (TPSA) is 71.1 Å². The van der Waals surface area contributed by atoms with Gasteiger partial charge in [-0.2, -0.15) is 0 Å². The fraction of sp³-hybridized carbons (Fsp3) is 0.118.